The molecular formula is C36H50FN5O5. The number of hydrogen-bond donors (Lipinski definition) is 3. The summed E-state index contributed by atoms with van der Waals surface area (Å²) in [6.45, 7) is 6.80. The molecule has 0 radical (unpaired) electrons. The Bertz CT molecular complexity index is 1560. The second-order valence-electron chi connectivity index (χ2n) is 16.0. The van der Waals surface area contributed by atoms with Gasteiger partial charge in [0.05, 0.1) is 19.0 Å². The number of nitrogens with zero attached hydrogens (tertiary/aromatic N) is 4. The van der Waals surface area contributed by atoms with Crippen LogP contribution in [0.25, 0.3) is 11.2 Å². The number of imidazole rings is 1. The van der Waals surface area contributed by atoms with Crippen LogP contribution in [0.1, 0.15) is 104 Å². The van der Waals surface area contributed by atoms with E-state index in [0.29, 0.717) is 23.2 Å². The predicted molar refractivity (Wildman–Crippen MR) is 173 cm³/mol. The second-order valence-corrected chi connectivity index (χ2v) is 16.0. The maximum absolute atomic E-state index is 14.0. The number of terminal acetylenes is 1. The molecule has 2 aromatic rings. The van der Waals surface area contributed by atoms with Gasteiger partial charge in [-0.3, -0.25) is 9.36 Å². The highest BCUT2D eigenvalue weighted by Crippen LogP contribution is 2.68. The van der Waals surface area contributed by atoms with E-state index in [9.17, 15) is 19.4 Å². The van der Waals surface area contributed by atoms with Crippen LogP contribution in [0, 0.1) is 64.8 Å². The average Bonchev–Trinajstić information content (AvgIpc) is 3.73. The molecule has 5 aliphatic rings. The first-order valence-electron chi connectivity index (χ1n) is 17.7. The Labute approximate surface area is 276 Å². The lowest BCUT2D eigenvalue weighted by atomic mass is 9.44. The standard InChI is InChI=1S/C36H50FN5O5/c1-5-36(18-43)27(17-28(47-36)42-19-39-30-31(38)40-33(37)41-32(30)42)46-29(45)11-6-20(2)24-9-10-25-23-8-7-21-16-22(44)12-14-34(21,3)26(23)13-15-35(24,25)4/h1,19-28,43-44H,6-18H2,2-4H3,(H2,38,40,41)/t20-,21-,22-,23+,24-,25+,26+,27+,28-,34+,35-,36-/m1/s1. The number of carbonyl (C=O) groups excluding carboxylic acids is 1. The molecule has 11 heteroatoms. The van der Waals surface area contributed by atoms with Crippen LogP contribution in [0.5, 0.6) is 0 Å². The minimum Gasteiger partial charge on any atom is -0.458 e. The summed E-state index contributed by atoms with van der Waals surface area (Å²) in [6, 6.07) is 0. The molecule has 10 nitrogen and oxygen atoms in total. The molecule has 7 rings (SSSR count). The van der Waals surface area contributed by atoms with Crippen molar-refractivity contribution in [3.8, 4) is 12.3 Å². The third-order valence-corrected chi connectivity index (χ3v) is 14.0. The van der Waals surface area contributed by atoms with Crippen LogP contribution < -0.4 is 5.73 Å². The lowest BCUT2D eigenvalue weighted by molar-refractivity contribution is -0.159. The van der Waals surface area contributed by atoms with E-state index in [4.69, 9.17) is 21.6 Å². The van der Waals surface area contributed by atoms with Crippen molar-refractivity contribution in [1.82, 2.24) is 19.5 Å². The Morgan fingerprint density at radius 2 is 1.94 bits per heavy atom. The number of nitrogens with two attached hydrogens (primary N) is 1. The zero-order chi connectivity index (χ0) is 33.3. The van der Waals surface area contributed by atoms with E-state index < -0.39 is 30.6 Å². The summed E-state index contributed by atoms with van der Waals surface area (Å²) in [6.07, 6.45) is 16.1. The molecule has 1 aliphatic heterocycles. The van der Waals surface area contributed by atoms with E-state index in [0.717, 1.165) is 43.4 Å². The smallest absolute Gasteiger partial charge is 0.312 e. The van der Waals surface area contributed by atoms with Crippen molar-refractivity contribution in [3.63, 3.8) is 0 Å². The van der Waals surface area contributed by atoms with Crippen LogP contribution in [0.4, 0.5) is 10.2 Å². The molecule has 3 heterocycles. The highest BCUT2D eigenvalue weighted by molar-refractivity contribution is 5.81. The quantitative estimate of drug-likeness (QED) is 0.210. The van der Waals surface area contributed by atoms with Gasteiger partial charge in [0.2, 0.25) is 0 Å². The molecule has 1 saturated heterocycles. The van der Waals surface area contributed by atoms with Gasteiger partial charge in [0.15, 0.2) is 22.6 Å². The topological polar surface area (TPSA) is 146 Å². The van der Waals surface area contributed by atoms with Gasteiger partial charge < -0.3 is 25.4 Å². The number of aliphatic hydroxyl groups excluding tert-OH is 2. The molecule has 4 saturated carbocycles. The molecule has 4 aliphatic carbocycles. The van der Waals surface area contributed by atoms with Gasteiger partial charge in [0, 0.05) is 12.8 Å². The maximum Gasteiger partial charge on any atom is 0.312 e. The van der Waals surface area contributed by atoms with Crippen molar-refractivity contribution < 1.29 is 28.9 Å². The van der Waals surface area contributed by atoms with Crippen molar-refractivity contribution in [2.45, 2.75) is 122 Å². The van der Waals surface area contributed by atoms with E-state index in [1.807, 2.05) is 0 Å². The fraction of sp³-hybridized carbons (Fsp3) is 0.778. The number of aromatic nitrogens is 4. The summed E-state index contributed by atoms with van der Waals surface area (Å²) in [7, 11) is 0. The molecular weight excluding hydrogens is 601 g/mol. The van der Waals surface area contributed by atoms with Gasteiger partial charge in [0.25, 0.3) is 0 Å². The number of esters is 1. The van der Waals surface area contributed by atoms with E-state index in [1.54, 1.807) is 0 Å². The summed E-state index contributed by atoms with van der Waals surface area (Å²) in [5.41, 5.74) is 5.25. The van der Waals surface area contributed by atoms with Crippen molar-refractivity contribution >= 4 is 23.0 Å². The van der Waals surface area contributed by atoms with Crippen molar-refractivity contribution in [2.24, 2.45) is 46.3 Å². The van der Waals surface area contributed by atoms with Crippen LogP contribution in [-0.2, 0) is 14.3 Å². The first-order valence-corrected chi connectivity index (χ1v) is 17.7. The van der Waals surface area contributed by atoms with E-state index in [2.05, 4.69) is 41.6 Å². The lowest BCUT2D eigenvalue weighted by Gasteiger charge is -2.61. The Morgan fingerprint density at radius 1 is 1.17 bits per heavy atom. The third-order valence-electron chi connectivity index (χ3n) is 14.0. The van der Waals surface area contributed by atoms with E-state index in [-0.39, 0.29) is 47.3 Å². The van der Waals surface area contributed by atoms with Crippen LogP contribution >= 0.6 is 0 Å². The van der Waals surface area contributed by atoms with Crippen LogP contribution in [0.3, 0.4) is 0 Å². The first kappa shape index (κ1) is 32.7. The van der Waals surface area contributed by atoms with Gasteiger partial charge in [-0.25, -0.2) is 4.98 Å². The largest absolute Gasteiger partial charge is 0.458 e. The highest BCUT2D eigenvalue weighted by Gasteiger charge is 2.60. The number of nitrogen functional groups attached to an aromatic ring is 1. The molecule has 256 valence electrons. The minimum absolute atomic E-state index is 0.103. The van der Waals surface area contributed by atoms with Crippen LogP contribution in [0.2, 0.25) is 0 Å². The minimum atomic E-state index is -1.56. The average molecular weight is 652 g/mol. The molecule has 2 aromatic heterocycles. The molecule has 4 N–H and O–H groups in total. The number of fused-ring (bicyclic) bond motifs is 6. The van der Waals surface area contributed by atoms with Crippen molar-refractivity contribution in [1.29, 1.82) is 0 Å². The number of ether oxygens (including phenoxy) is 2. The lowest BCUT2D eigenvalue weighted by Crippen LogP contribution is -2.54. The Hall–Kier alpha value is -2.81. The van der Waals surface area contributed by atoms with Gasteiger partial charge in [-0.1, -0.05) is 26.7 Å². The number of anilines is 1. The van der Waals surface area contributed by atoms with Crippen LogP contribution in [-0.4, -0.2) is 60.1 Å². The summed E-state index contributed by atoms with van der Waals surface area (Å²) >= 11 is 0. The third kappa shape index (κ3) is 5.25. The fourth-order valence-corrected chi connectivity index (χ4v) is 11.5. The maximum atomic E-state index is 14.0. The van der Waals surface area contributed by atoms with Gasteiger partial charge in [-0.15, -0.1) is 6.42 Å². The molecule has 12 atom stereocenters. The molecule has 0 spiro atoms. The zero-order valence-corrected chi connectivity index (χ0v) is 27.9. The van der Waals surface area contributed by atoms with Crippen molar-refractivity contribution in [2.75, 3.05) is 12.3 Å². The van der Waals surface area contributed by atoms with E-state index in [1.165, 1.54) is 49.4 Å². The molecule has 0 unspecified atom stereocenters. The molecule has 0 bridgehead atoms. The summed E-state index contributed by atoms with van der Waals surface area (Å²) in [4.78, 5) is 24.9. The first-order chi connectivity index (χ1) is 22.4. The van der Waals surface area contributed by atoms with Crippen LogP contribution in [0.15, 0.2) is 6.33 Å². The Kier molecular flexibility index (Phi) is 8.32. The van der Waals surface area contributed by atoms with Gasteiger partial charge in [-0.2, -0.15) is 14.4 Å². The SMILES string of the molecule is C#C[C@]1(CO)O[C@@H](n2cnc3c(N)nc(F)nc32)C[C@@H]1OC(=O)CC[C@@H](C)[C@H]1CC[C@H]2[C@@H]3CC[C@@H]4C[C@H](O)CC[C@]4(C)[C@H]3CC[C@]12C. The second kappa shape index (κ2) is 12.0. The number of aliphatic hydroxyl groups is 2. The number of rotatable bonds is 7. The number of halogens is 1. The molecule has 47 heavy (non-hydrogen) atoms. The fourth-order valence-electron chi connectivity index (χ4n) is 11.5. The monoisotopic (exact) mass is 651 g/mol. The predicted octanol–water partition coefficient (Wildman–Crippen LogP) is 5.18. The number of hydrogen-bond acceptors (Lipinski definition) is 9. The van der Waals surface area contributed by atoms with Crippen molar-refractivity contribution in [3.05, 3.63) is 12.4 Å². The van der Waals surface area contributed by atoms with Gasteiger partial charge in [-0.05, 0) is 111 Å². The number of carbonyl (C=O) groups is 1. The van der Waals surface area contributed by atoms with Gasteiger partial charge >= 0.3 is 12.0 Å². The van der Waals surface area contributed by atoms with Gasteiger partial charge in [0.1, 0.15) is 12.3 Å². The molecule has 0 aromatic carbocycles. The highest BCUT2D eigenvalue weighted by atomic mass is 19.1. The Morgan fingerprint density at radius 3 is 2.70 bits per heavy atom. The summed E-state index contributed by atoms with van der Waals surface area (Å²) in [5.74, 6) is 5.88. The Balaban J connectivity index is 0.989. The summed E-state index contributed by atoms with van der Waals surface area (Å²) in [5, 5.41) is 20.7. The molecule has 5 fully saturated rings. The summed E-state index contributed by atoms with van der Waals surface area (Å²) < 4.78 is 27.5. The van der Waals surface area contributed by atoms with E-state index >= 15 is 0 Å². The molecule has 0 amide bonds. The normalized spacial score (nSPS) is 41.9. The zero-order valence-electron chi connectivity index (χ0n) is 27.9.